The third-order valence-corrected chi connectivity index (χ3v) is 4.52. The van der Waals surface area contributed by atoms with E-state index >= 15 is 0 Å². The van der Waals surface area contributed by atoms with E-state index in [1.165, 1.54) is 38.2 Å². The molecule has 1 aromatic carbocycles. The Kier molecular flexibility index (Phi) is 3.77. The minimum atomic E-state index is -3.46. The average molecular weight is 270 g/mol. The molecule has 0 spiro atoms. The van der Waals surface area contributed by atoms with E-state index < -0.39 is 10.0 Å². The Labute approximate surface area is 107 Å². The summed E-state index contributed by atoms with van der Waals surface area (Å²) in [6, 6.07) is 4.46. The zero-order valence-electron chi connectivity index (χ0n) is 10.3. The number of ether oxygens (including phenoxy) is 1. The van der Waals surface area contributed by atoms with Crippen molar-refractivity contribution in [2.75, 3.05) is 19.4 Å². The molecular formula is C12H18N2O3S. The van der Waals surface area contributed by atoms with Gasteiger partial charge in [-0.1, -0.05) is 12.8 Å². The summed E-state index contributed by atoms with van der Waals surface area (Å²) in [7, 11) is -2.00. The van der Waals surface area contributed by atoms with Crippen LogP contribution in [0.2, 0.25) is 0 Å². The maximum Gasteiger partial charge on any atom is 0.240 e. The first-order valence-corrected chi connectivity index (χ1v) is 7.44. The van der Waals surface area contributed by atoms with Gasteiger partial charge in [0.25, 0.3) is 0 Å². The molecule has 0 amide bonds. The second-order valence-corrected chi connectivity index (χ2v) is 6.30. The molecule has 18 heavy (non-hydrogen) atoms. The number of nitrogens with one attached hydrogen (secondary N) is 1. The van der Waals surface area contributed by atoms with Crippen molar-refractivity contribution in [3.05, 3.63) is 18.2 Å². The van der Waals surface area contributed by atoms with Crippen molar-refractivity contribution in [3.8, 4) is 5.75 Å². The van der Waals surface area contributed by atoms with Gasteiger partial charge in [0.15, 0.2) is 0 Å². The topological polar surface area (TPSA) is 81.4 Å². The summed E-state index contributed by atoms with van der Waals surface area (Å²) in [5.41, 5.74) is 6.08. The Morgan fingerprint density at radius 3 is 2.78 bits per heavy atom. The van der Waals surface area contributed by atoms with Crippen molar-refractivity contribution >= 4 is 15.7 Å². The second kappa shape index (κ2) is 5.16. The molecule has 1 saturated carbocycles. The summed E-state index contributed by atoms with van der Waals surface area (Å²) in [6.45, 7) is 0.486. The Balaban J connectivity index is 2.07. The highest BCUT2D eigenvalue weighted by molar-refractivity contribution is 7.89. The highest BCUT2D eigenvalue weighted by Crippen LogP contribution is 2.32. The van der Waals surface area contributed by atoms with Gasteiger partial charge in [0, 0.05) is 12.6 Å². The fourth-order valence-corrected chi connectivity index (χ4v) is 2.81. The van der Waals surface area contributed by atoms with E-state index in [0.717, 1.165) is 6.42 Å². The van der Waals surface area contributed by atoms with Crippen molar-refractivity contribution in [1.29, 1.82) is 0 Å². The van der Waals surface area contributed by atoms with Crippen molar-refractivity contribution in [2.24, 2.45) is 5.92 Å². The van der Waals surface area contributed by atoms with E-state index in [1.807, 2.05) is 0 Å². The zero-order valence-corrected chi connectivity index (χ0v) is 11.2. The minimum absolute atomic E-state index is 0.185. The lowest BCUT2D eigenvalue weighted by atomic mass is 10.3. The van der Waals surface area contributed by atoms with Crippen molar-refractivity contribution in [3.63, 3.8) is 0 Å². The molecule has 0 radical (unpaired) electrons. The summed E-state index contributed by atoms with van der Waals surface area (Å²) in [4.78, 5) is 0.185. The first-order valence-electron chi connectivity index (χ1n) is 5.96. The number of sulfonamides is 1. The summed E-state index contributed by atoms with van der Waals surface area (Å²) in [6.07, 6.45) is 3.35. The predicted octanol–water partition coefficient (Wildman–Crippen LogP) is 1.36. The van der Waals surface area contributed by atoms with Gasteiger partial charge >= 0.3 is 0 Å². The van der Waals surface area contributed by atoms with Gasteiger partial charge in [0.2, 0.25) is 10.0 Å². The van der Waals surface area contributed by atoms with Gasteiger partial charge in [0.1, 0.15) is 5.75 Å². The SMILES string of the molecule is COc1cc(S(=O)(=O)NCCC2CC2)ccc1N. The number of hydrogen-bond acceptors (Lipinski definition) is 4. The molecular weight excluding hydrogens is 252 g/mol. The quantitative estimate of drug-likeness (QED) is 0.765. The molecule has 2 rings (SSSR count). The number of nitrogens with two attached hydrogens (primary N) is 1. The van der Waals surface area contributed by atoms with E-state index in [2.05, 4.69) is 4.72 Å². The highest BCUT2D eigenvalue weighted by atomic mass is 32.2. The lowest BCUT2D eigenvalue weighted by Crippen LogP contribution is -2.25. The fraction of sp³-hybridized carbons (Fsp3) is 0.500. The van der Waals surface area contributed by atoms with Gasteiger partial charge in [-0.15, -0.1) is 0 Å². The molecule has 0 heterocycles. The van der Waals surface area contributed by atoms with Crippen molar-refractivity contribution in [1.82, 2.24) is 4.72 Å². The third kappa shape index (κ3) is 3.14. The monoisotopic (exact) mass is 270 g/mol. The molecule has 100 valence electrons. The van der Waals surface area contributed by atoms with Crippen LogP contribution in [-0.4, -0.2) is 22.1 Å². The molecule has 0 saturated heterocycles. The van der Waals surface area contributed by atoms with Crippen LogP contribution in [0, 0.1) is 5.92 Å². The van der Waals surface area contributed by atoms with Crippen molar-refractivity contribution < 1.29 is 13.2 Å². The zero-order chi connectivity index (χ0) is 13.2. The van der Waals surface area contributed by atoms with E-state index in [0.29, 0.717) is 23.9 Å². The molecule has 0 bridgehead atoms. The second-order valence-electron chi connectivity index (χ2n) is 4.53. The van der Waals surface area contributed by atoms with E-state index in [9.17, 15) is 8.42 Å². The van der Waals surface area contributed by atoms with Crippen LogP contribution in [-0.2, 0) is 10.0 Å². The maximum absolute atomic E-state index is 12.0. The number of rotatable bonds is 6. The molecule has 5 nitrogen and oxygen atoms in total. The molecule has 0 aliphatic heterocycles. The summed E-state index contributed by atoms with van der Waals surface area (Å²) < 4.78 is 31.6. The standard InChI is InChI=1S/C12H18N2O3S/c1-17-12-8-10(4-5-11(12)13)18(15,16)14-7-6-9-2-3-9/h4-5,8-9,14H,2-3,6-7,13H2,1H3. The average Bonchev–Trinajstić information content (AvgIpc) is 3.13. The predicted molar refractivity (Wildman–Crippen MR) is 69.9 cm³/mol. The van der Waals surface area contributed by atoms with Crippen LogP contribution in [0.25, 0.3) is 0 Å². The third-order valence-electron chi connectivity index (χ3n) is 3.06. The molecule has 1 aliphatic rings. The van der Waals surface area contributed by atoms with Crippen LogP contribution in [0.4, 0.5) is 5.69 Å². The van der Waals surface area contributed by atoms with Crippen LogP contribution in [0.15, 0.2) is 23.1 Å². The maximum atomic E-state index is 12.0. The highest BCUT2D eigenvalue weighted by Gasteiger charge is 2.22. The van der Waals surface area contributed by atoms with Gasteiger partial charge in [-0.2, -0.15) is 0 Å². The largest absolute Gasteiger partial charge is 0.495 e. The van der Waals surface area contributed by atoms with Crippen LogP contribution in [0.3, 0.4) is 0 Å². The number of anilines is 1. The fourth-order valence-electron chi connectivity index (χ4n) is 1.75. The van der Waals surface area contributed by atoms with Crippen LogP contribution < -0.4 is 15.2 Å². The van der Waals surface area contributed by atoms with E-state index in [4.69, 9.17) is 10.5 Å². The Morgan fingerprint density at radius 1 is 1.44 bits per heavy atom. The summed E-state index contributed by atoms with van der Waals surface area (Å²) >= 11 is 0. The van der Waals surface area contributed by atoms with E-state index in [1.54, 1.807) is 0 Å². The number of hydrogen-bond donors (Lipinski definition) is 2. The van der Waals surface area contributed by atoms with E-state index in [-0.39, 0.29) is 4.90 Å². The summed E-state index contributed by atoms with van der Waals surface area (Å²) in [5, 5.41) is 0. The Hall–Kier alpha value is -1.27. The van der Waals surface area contributed by atoms with Crippen LogP contribution >= 0.6 is 0 Å². The lowest BCUT2D eigenvalue weighted by Gasteiger charge is -2.09. The number of methoxy groups -OCH3 is 1. The molecule has 0 atom stereocenters. The summed E-state index contributed by atoms with van der Waals surface area (Å²) in [5.74, 6) is 1.08. The molecule has 1 aliphatic carbocycles. The first-order chi connectivity index (χ1) is 8.53. The van der Waals surface area contributed by atoms with Crippen molar-refractivity contribution in [2.45, 2.75) is 24.2 Å². The normalized spacial score (nSPS) is 15.6. The minimum Gasteiger partial charge on any atom is -0.495 e. The van der Waals surface area contributed by atoms with Gasteiger partial charge in [-0.05, 0) is 24.5 Å². The molecule has 0 aromatic heterocycles. The van der Waals surface area contributed by atoms with Gasteiger partial charge in [0.05, 0.1) is 17.7 Å². The smallest absolute Gasteiger partial charge is 0.240 e. The molecule has 0 unspecified atom stereocenters. The number of benzene rings is 1. The molecule has 1 aromatic rings. The van der Waals surface area contributed by atoms with Crippen LogP contribution in [0.5, 0.6) is 5.75 Å². The molecule has 3 N–H and O–H groups in total. The Bertz CT molecular complexity index is 524. The molecule has 6 heteroatoms. The van der Waals surface area contributed by atoms with Gasteiger partial charge in [-0.3, -0.25) is 0 Å². The Morgan fingerprint density at radius 2 is 2.17 bits per heavy atom. The van der Waals surface area contributed by atoms with Gasteiger partial charge < -0.3 is 10.5 Å². The lowest BCUT2D eigenvalue weighted by molar-refractivity contribution is 0.415. The van der Waals surface area contributed by atoms with Crippen LogP contribution in [0.1, 0.15) is 19.3 Å². The van der Waals surface area contributed by atoms with Gasteiger partial charge in [-0.25, -0.2) is 13.1 Å². The number of nitrogen functional groups attached to an aromatic ring is 1. The molecule has 1 fully saturated rings. The first kappa shape index (κ1) is 13.2.